The summed E-state index contributed by atoms with van der Waals surface area (Å²) in [5, 5.41) is 0. The van der Waals surface area contributed by atoms with Crippen LogP contribution in [0.5, 0.6) is 0 Å². The van der Waals surface area contributed by atoms with Gasteiger partial charge >= 0.3 is 43.4 Å². The second-order valence-electron chi connectivity index (χ2n) is 6.25. The molecule has 0 aliphatic heterocycles. The van der Waals surface area contributed by atoms with Gasteiger partial charge < -0.3 is 48.0 Å². The maximum atomic E-state index is 2.20. The summed E-state index contributed by atoms with van der Waals surface area (Å²) in [7, 11) is 0. The summed E-state index contributed by atoms with van der Waals surface area (Å²) in [6, 6.07) is 0. The average Bonchev–Trinajstić information content (AvgIpc) is 2.71. The third-order valence-electron chi connectivity index (χ3n) is 5.62. The van der Waals surface area contributed by atoms with Crippen LogP contribution in [0.2, 0.25) is 0 Å². The molecule has 0 bridgehead atoms. The molecule has 0 atom stereocenters. The average molecular weight is 620 g/mol. The van der Waals surface area contributed by atoms with Crippen molar-refractivity contribution in [1.82, 2.24) is 0 Å². The monoisotopic (exact) mass is 620 g/mol. The van der Waals surface area contributed by atoms with Crippen LogP contribution in [0.3, 0.4) is 0 Å². The Hall–Kier alpha value is 1.59. The van der Waals surface area contributed by atoms with E-state index in [2.05, 4.69) is 69.2 Å². The summed E-state index contributed by atoms with van der Waals surface area (Å²) in [5.41, 5.74) is 14.7. The van der Waals surface area contributed by atoms with Gasteiger partial charge in [0, 0.05) is 0 Å². The van der Waals surface area contributed by atoms with Crippen LogP contribution in [0.25, 0.3) is 0 Å². The van der Waals surface area contributed by atoms with E-state index in [1.807, 2.05) is 0 Å². The molecule has 0 amide bonds. The van der Waals surface area contributed by atoms with Gasteiger partial charge in [0.2, 0.25) is 0 Å². The van der Waals surface area contributed by atoms with Crippen molar-refractivity contribution < 1.29 is 91.4 Å². The van der Waals surface area contributed by atoms with Gasteiger partial charge in [0.15, 0.2) is 0 Å². The molecule has 2 aromatic rings. The molecule has 0 aliphatic carbocycles. The van der Waals surface area contributed by atoms with Crippen LogP contribution in [-0.2, 0) is 43.4 Å². The molecule has 0 spiro atoms. The summed E-state index contributed by atoms with van der Waals surface area (Å²) in [6.07, 6.45) is 0. The van der Waals surface area contributed by atoms with E-state index < -0.39 is 0 Å². The molecule has 4 heteroatoms. The first kappa shape index (κ1) is 33.2. The first-order chi connectivity index (χ1) is 9.11. The van der Waals surface area contributed by atoms with Gasteiger partial charge in [0.1, 0.15) is 0 Å². The molecule has 0 heterocycles. The van der Waals surface area contributed by atoms with Crippen molar-refractivity contribution >= 4 is 0 Å². The predicted molar refractivity (Wildman–Crippen MR) is 91.4 cm³/mol. The first-order valence-electron chi connectivity index (χ1n) is 7.50. The molecule has 0 unspecified atom stereocenters. The van der Waals surface area contributed by atoms with Crippen LogP contribution in [0, 0.1) is 69.2 Å². The van der Waals surface area contributed by atoms with Crippen LogP contribution in [-0.4, -0.2) is 0 Å². The van der Waals surface area contributed by atoms with Crippen molar-refractivity contribution in [2.75, 3.05) is 0 Å². The minimum Gasteiger partial charge on any atom is -1.00 e. The van der Waals surface area contributed by atoms with Crippen molar-refractivity contribution in [1.29, 1.82) is 0 Å². The molecule has 0 aliphatic rings. The van der Waals surface area contributed by atoms with E-state index in [9.17, 15) is 0 Å². The van der Waals surface area contributed by atoms with Gasteiger partial charge in [0.05, 0.1) is 0 Å². The van der Waals surface area contributed by atoms with E-state index in [1.165, 1.54) is 55.6 Å². The van der Waals surface area contributed by atoms with Crippen molar-refractivity contribution in [2.45, 2.75) is 69.2 Å². The zero-order valence-electron chi connectivity index (χ0n) is 16.8. The van der Waals surface area contributed by atoms with Crippen molar-refractivity contribution in [2.24, 2.45) is 0 Å². The van der Waals surface area contributed by atoms with E-state index in [4.69, 9.17) is 0 Å². The minimum absolute atomic E-state index is 0. The normalized spacial score (nSPS) is 8.75. The summed E-state index contributed by atoms with van der Waals surface area (Å²) >= 11 is 0. The van der Waals surface area contributed by atoms with Gasteiger partial charge in [-0.3, -0.25) is 0 Å². The topological polar surface area (TPSA) is 0 Å². The molecule has 0 nitrogen and oxygen atoms in total. The van der Waals surface area contributed by atoms with Gasteiger partial charge in [-0.2, -0.15) is 55.6 Å². The van der Waals surface area contributed by atoms with Gasteiger partial charge in [-0.1, -0.05) is 69.2 Å². The fraction of sp³-hybridized carbons (Fsp3) is 0.500. The first-order valence-corrected chi connectivity index (χ1v) is 7.50. The summed E-state index contributed by atoms with van der Waals surface area (Å²) in [5.74, 6) is 0. The van der Waals surface area contributed by atoms with E-state index in [1.54, 1.807) is 0 Å². The van der Waals surface area contributed by atoms with Crippen LogP contribution in [0.1, 0.15) is 55.6 Å². The zero-order chi connectivity index (χ0) is 15.8. The fourth-order valence-electron chi connectivity index (χ4n) is 2.81. The zero-order valence-corrected chi connectivity index (χ0v) is 24.2. The minimum atomic E-state index is 0. The number of halogens is 2. The Morgan fingerprint density at radius 2 is 0.542 bits per heavy atom. The Kier molecular flexibility index (Phi) is 19.0. The SMILES string of the molecule is Cc1c(C)c(C)[c-](C)c1C.Cc1c(C)c(C)[c-](C)c1C.[I-].[I-].[Ti+4].[Ti+4]. The quantitative estimate of drug-likeness (QED) is 0.220. The van der Waals surface area contributed by atoms with Gasteiger partial charge in [0.25, 0.3) is 0 Å². The number of hydrogen-bond donors (Lipinski definition) is 0. The van der Waals surface area contributed by atoms with Crippen LogP contribution in [0.15, 0.2) is 0 Å². The summed E-state index contributed by atoms with van der Waals surface area (Å²) < 4.78 is 0. The summed E-state index contributed by atoms with van der Waals surface area (Å²) in [6.45, 7) is 22.0. The second-order valence-corrected chi connectivity index (χ2v) is 6.25. The van der Waals surface area contributed by atoms with E-state index in [-0.39, 0.29) is 91.4 Å². The summed E-state index contributed by atoms with van der Waals surface area (Å²) in [4.78, 5) is 0. The molecule has 2 rings (SSSR count). The number of rotatable bonds is 0. The molecule has 0 radical (unpaired) electrons. The molecule has 0 fully saturated rings. The van der Waals surface area contributed by atoms with Crippen LogP contribution < -0.4 is 48.0 Å². The Balaban J connectivity index is -0.000000143. The van der Waals surface area contributed by atoms with E-state index in [0.29, 0.717) is 0 Å². The second kappa shape index (κ2) is 13.7. The molecule has 0 N–H and O–H groups in total. The van der Waals surface area contributed by atoms with Gasteiger partial charge in [-0.25, -0.2) is 0 Å². The Morgan fingerprint density at radius 3 is 0.583 bits per heavy atom. The van der Waals surface area contributed by atoms with Crippen LogP contribution in [0.4, 0.5) is 0 Å². The Morgan fingerprint density at radius 1 is 0.417 bits per heavy atom. The molecule has 24 heavy (non-hydrogen) atoms. The standard InChI is InChI=1S/2C10H15.2HI.2Ti/c2*1-6-7(2)9(4)10(5)8(6)3;;;;/h2*1-5H3;2*1H;;/q2*-1;;;2*+4/p-2. The Labute approximate surface area is 213 Å². The van der Waals surface area contributed by atoms with Crippen molar-refractivity contribution in [3.63, 3.8) is 0 Å². The maximum absolute atomic E-state index is 2.20. The largest absolute Gasteiger partial charge is 4.00 e. The van der Waals surface area contributed by atoms with Crippen molar-refractivity contribution in [3.8, 4) is 0 Å². The molecule has 0 saturated carbocycles. The fourth-order valence-corrected chi connectivity index (χ4v) is 2.81. The third kappa shape index (κ3) is 6.96. The smallest absolute Gasteiger partial charge is 1.00 e. The molecule has 0 saturated heterocycles. The van der Waals surface area contributed by atoms with Gasteiger partial charge in [-0.05, 0) is 0 Å². The van der Waals surface area contributed by atoms with Gasteiger partial charge in [-0.15, -0.1) is 0 Å². The Bertz CT molecular complexity index is 418. The number of hydrogen-bond acceptors (Lipinski definition) is 0. The molecule has 0 aromatic heterocycles. The van der Waals surface area contributed by atoms with Crippen molar-refractivity contribution in [3.05, 3.63) is 55.6 Å². The van der Waals surface area contributed by atoms with E-state index >= 15 is 0 Å². The molecular formula is C20H30I2Ti2+4. The molecule has 128 valence electrons. The molecule has 2 aromatic carbocycles. The maximum Gasteiger partial charge on any atom is 4.00 e. The van der Waals surface area contributed by atoms with Crippen LogP contribution >= 0.6 is 0 Å². The van der Waals surface area contributed by atoms with E-state index in [0.717, 1.165) is 0 Å². The predicted octanol–water partition coefficient (Wildman–Crippen LogP) is -0.102. The molecular weight excluding hydrogens is 590 g/mol. The third-order valence-corrected chi connectivity index (χ3v) is 5.62.